The van der Waals surface area contributed by atoms with E-state index in [0.29, 0.717) is 5.92 Å². The molecule has 128 valence electrons. The molecule has 1 aliphatic carbocycles. The molecule has 6 heteroatoms. The summed E-state index contributed by atoms with van der Waals surface area (Å²) in [7, 11) is 1.95. The summed E-state index contributed by atoms with van der Waals surface area (Å²) in [5, 5.41) is 6.32. The lowest BCUT2D eigenvalue weighted by Crippen LogP contribution is -2.35. The van der Waals surface area contributed by atoms with Crippen LogP contribution in [0.5, 0.6) is 0 Å². The number of rotatable bonds is 4. The molecule has 2 aromatic heterocycles. The van der Waals surface area contributed by atoms with Gasteiger partial charge in [0.2, 0.25) is 0 Å². The predicted molar refractivity (Wildman–Crippen MR) is 95.3 cm³/mol. The Bertz CT molecular complexity index is 718. The van der Waals surface area contributed by atoms with Crippen molar-refractivity contribution in [1.29, 1.82) is 0 Å². The molecule has 0 bridgehead atoms. The molecule has 0 radical (unpaired) electrons. The van der Waals surface area contributed by atoms with Crippen LogP contribution in [0.4, 0.5) is 0 Å². The van der Waals surface area contributed by atoms with E-state index in [2.05, 4.69) is 32.5 Å². The average Bonchev–Trinajstić information content (AvgIpc) is 3.23. The molecule has 0 unspecified atom stereocenters. The minimum atomic E-state index is 0.245. The molecule has 0 N–H and O–H groups in total. The molecule has 2 aliphatic rings. The summed E-state index contributed by atoms with van der Waals surface area (Å²) >= 11 is 1.62. The van der Waals surface area contributed by atoms with Gasteiger partial charge in [-0.25, -0.2) is 0 Å². The monoisotopic (exact) mass is 344 g/mol. The highest BCUT2D eigenvalue weighted by molar-refractivity contribution is 7.12. The summed E-state index contributed by atoms with van der Waals surface area (Å²) in [5.74, 6) is 0.888. The summed E-state index contributed by atoms with van der Waals surface area (Å²) in [6, 6.07) is 2.15. The van der Waals surface area contributed by atoms with Crippen molar-refractivity contribution >= 4 is 17.2 Å². The van der Waals surface area contributed by atoms with E-state index in [4.69, 9.17) is 0 Å². The van der Waals surface area contributed by atoms with Crippen molar-refractivity contribution in [2.24, 2.45) is 7.05 Å². The van der Waals surface area contributed by atoms with E-state index in [1.807, 2.05) is 17.9 Å². The maximum Gasteiger partial charge on any atom is 0.264 e. The Hall–Kier alpha value is -1.66. The Balaban J connectivity index is 1.39. The number of hydrogen-bond donors (Lipinski definition) is 0. The van der Waals surface area contributed by atoms with Gasteiger partial charge in [0.1, 0.15) is 0 Å². The number of aromatic nitrogens is 2. The molecule has 1 aliphatic heterocycles. The second-order valence-corrected chi connectivity index (χ2v) is 7.84. The summed E-state index contributed by atoms with van der Waals surface area (Å²) < 4.78 is 1.85. The van der Waals surface area contributed by atoms with Crippen molar-refractivity contribution < 1.29 is 4.79 Å². The van der Waals surface area contributed by atoms with Gasteiger partial charge in [0.05, 0.1) is 11.1 Å². The van der Waals surface area contributed by atoms with Crippen LogP contribution in [0.1, 0.15) is 46.0 Å². The number of carbonyl (C=O) groups excluding carboxylic acids is 1. The van der Waals surface area contributed by atoms with Crippen LogP contribution in [0.15, 0.2) is 23.8 Å². The molecule has 2 aromatic rings. The number of aryl methyl sites for hydroxylation is 1. The third kappa shape index (κ3) is 3.39. The number of hydrogen-bond acceptors (Lipinski definition) is 4. The topological polar surface area (TPSA) is 41.4 Å². The highest BCUT2D eigenvalue weighted by atomic mass is 32.1. The smallest absolute Gasteiger partial charge is 0.264 e. The molecule has 3 heterocycles. The molecule has 0 atom stereocenters. The lowest BCUT2D eigenvalue weighted by atomic mass is 10.1. The maximum absolute atomic E-state index is 12.9. The summed E-state index contributed by atoms with van der Waals surface area (Å²) in [4.78, 5) is 18.4. The van der Waals surface area contributed by atoms with E-state index in [0.717, 1.165) is 44.0 Å². The van der Waals surface area contributed by atoms with Crippen LogP contribution < -0.4 is 0 Å². The van der Waals surface area contributed by atoms with Crippen molar-refractivity contribution in [3.8, 4) is 0 Å². The highest BCUT2D eigenvalue weighted by Crippen LogP contribution is 2.43. The second-order valence-electron chi connectivity index (χ2n) is 6.92. The predicted octanol–water partition coefficient (Wildman–Crippen LogP) is 2.71. The summed E-state index contributed by atoms with van der Waals surface area (Å²) in [6.07, 6.45) is 7.53. The standard InChI is InChI=1S/C18H24N4OS/c1-20-12-14(11-19-20)13-21-6-2-7-22(9-8-21)18(23)17-16(5-10-24-17)15-3-4-15/h5,10-12,15H,2-4,6-9,13H2,1H3. The van der Waals surface area contributed by atoms with E-state index in [1.165, 1.54) is 24.0 Å². The summed E-state index contributed by atoms with van der Waals surface area (Å²) in [5.41, 5.74) is 2.54. The highest BCUT2D eigenvalue weighted by Gasteiger charge is 2.31. The van der Waals surface area contributed by atoms with Crippen molar-refractivity contribution in [3.05, 3.63) is 39.8 Å². The van der Waals surface area contributed by atoms with Crippen LogP contribution in [0, 0.1) is 0 Å². The molecule has 24 heavy (non-hydrogen) atoms. The van der Waals surface area contributed by atoms with Crippen LogP contribution in [-0.4, -0.2) is 51.7 Å². The first-order valence-electron chi connectivity index (χ1n) is 8.77. The average molecular weight is 344 g/mol. The lowest BCUT2D eigenvalue weighted by Gasteiger charge is -2.21. The second kappa shape index (κ2) is 6.69. The van der Waals surface area contributed by atoms with E-state index < -0.39 is 0 Å². The first-order valence-corrected chi connectivity index (χ1v) is 9.65. The lowest BCUT2D eigenvalue weighted by molar-refractivity contribution is 0.0765. The Labute approximate surface area is 146 Å². The Morgan fingerprint density at radius 1 is 1.29 bits per heavy atom. The van der Waals surface area contributed by atoms with Crippen molar-refractivity contribution in [3.63, 3.8) is 0 Å². The van der Waals surface area contributed by atoms with Gasteiger partial charge in [0.15, 0.2) is 0 Å². The van der Waals surface area contributed by atoms with E-state index in [9.17, 15) is 4.79 Å². The third-order valence-corrected chi connectivity index (χ3v) is 5.87. The fourth-order valence-corrected chi connectivity index (χ4v) is 4.45. The van der Waals surface area contributed by atoms with Crippen LogP contribution in [0.2, 0.25) is 0 Å². The fourth-order valence-electron chi connectivity index (χ4n) is 3.50. The first-order chi connectivity index (χ1) is 11.7. The Morgan fingerprint density at radius 2 is 2.17 bits per heavy atom. The van der Waals surface area contributed by atoms with Crippen molar-refractivity contribution in [2.45, 2.75) is 31.7 Å². The van der Waals surface area contributed by atoms with Gasteiger partial charge in [-0.1, -0.05) is 0 Å². The quantitative estimate of drug-likeness (QED) is 0.856. The largest absolute Gasteiger partial charge is 0.337 e. The molecule has 4 rings (SSSR count). The van der Waals surface area contributed by atoms with Gasteiger partial charge in [0.25, 0.3) is 5.91 Å². The zero-order valence-electron chi connectivity index (χ0n) is 14.1. The molecule has 0 aromatic carbocycles. The molecule has 1 amide bonds. The molecule has 1 saturated heterocycles. The van der Waals surface area contributed by atoms with E-state index in [-0.39, 0.29) is 5.91 Å². The van der Waals surface area contributed by atoms with Gasteiger partial charge in [0, 0.05) is 51.5 Å². The van der Waals surface area contributed by atoms with Gasteiger partial charge in [-0.05, 0) is 42.2 Å². The van der Waals surface area contributed by atoms with Crippen LogP contribution >= 0.6 is 11.3 Å². The molecular formula is C18H24N4OS. The van der Waals surface area contributed by atoms with Crippen molar-refractivity contribution in [1.82, 2.24) is 19.6 Å². The SMILES string of the molecule is Cn1cc(CN2CCCN(C(=O)c3sccc3C3CC3)CC2)cn1. The fraction of sp³-hybridized carbons (Fsp3) is 0.556. The number of amides is 1. The maximum atomic E-state index is 12.9. The van der Waals surface area contributed by atoms with Gasteiger partial charge >= 0.3 is 0 Å². The molecule has 1 saturated carbocycles. The third-order valence-electron chi connectivity index (χ3n) is 4.95. The number of nitrogens with zero attached hydrogens (tertiary/aromatic N) is 4. The first kappa shape index (κ1) is 15.8. The molecule has 0 spiro atoms. The minimum absolute atomic E-state index is 0.245. The number of thiophene rings is 1. The Kier molecular flexibility index (Phi) is 4.41. The normalized spacial score (nSPS) is 19.5. The summed E-state index contributed by atoms with van der Waals surface area (Å²) in [6.45, 7) is 4.58. The van der Waals surface area contributed by atoms with Gasteiger partial charge in [-0.3, -0.25) is 14.4 Å². The zero-order chi connectivity index (χ0) is 16.5. The van der Waals surface area contributed by atoms with E-state index in [1.54, 1.807) is 11.3 Å². The van der Waals surface area contributed by atoms with Crippen LogP contribution in [0.25, 0.3) is 0 Å². The van der Waals surface area contributed by atoms with Crippen molar-refractivity contribution in [2.75, 3.05) is 26.2 Å². The molecular weight excluding hydrogens is 320 g/mol. The molecule has 5 nitrogen and oxygen atoms in total. The minimum Gasteiger partial charge on any atom is -0.337 e. The number of carbonyl (C=O) groups is 1. The van der Waals surface area contributed by atoms with E-state index >= 15 is 0 Å². The van der Waals surface area contributed by atoms with Gasteiger partial charge in [-0.15, -0.1) is 11.3 Å². The van der Waals surface area contributed by atoms with Crippen LogP contribution in [0.3, 0.4) is 0 Å². The van der Waals surface area contributed by atoms with Gasteiger partial charge in [-0.2, -0.15) is 5.10 Å². The van der Waals surface area contributed by atoms with Crippen LogP contribution in [-0.2, 0) is 13.6 Å². The van der Waals surface area contributed by atoms with Gasteiger partial charge < -0.3 is 4.90 Å². The molecule has 2 fully saturated rings. The Morgan fingerprint density at radius 3 is 2.92 bits per heavy atom. The zero-order valence-corrected chi connectivity index (χ0v) is 15.0.